The van der Waals surface area contributed by atoms with Crippen molar-refractivity contribution in [2.75, 3.05) is 13.1 Å². The molecule has 2 heterocycles. The minimum Gasteiger partial charge on any atom is -0.468 e. The molecule has 0 fully saturated rings. The molecule has 0 saturated carbocycles. The first kappa shape index (κ1) is 15.7. The Hall–Kier alpha value is -1.65. The maximum Gasteiger partial charge on any atom is 0.122 e. The van der Waals surface area contributed by atoms with Gasteiger partial charge in [-0.3, -0.25) is 9.88 Å². The van der Waals surface area contributed by atoms with E-state index in [1.54, 1.807) is 6.26 Å². The van der Waals surface area contributed by atoms with Crippen LogP contribution in [0.2, 0.25) is 0 Å². The summed E-state index contributed by atoms with van der Waals surface area (Å²) in [4.78, 5) is 6.44. The quantitative estimate of drug-likeness (QED) is 0.719. The van der Waals surface area contributed by atoms with Gasteiger partial charge in [0.1, 0.15) is 5.76 Å². The van der Waals surface area contributed by atoms with Gasteiger partial charge in [0.2, 0.25) is 0 Å². The summed E-state index contributed by atoms with van der Waals surface area (Å²) in [6, 6.07) is 6.20. The van der Waals surface area contributed by atoms with Gasteiger partial charge in [0.15, 0.2) is 0 Å². The van der Waals surface area contributed by atoms with E-state index in [1.165, 1.54) is 11.1 Å². The molecule has 4 heteroatoms. The molecule has 0 atom stereocenters. The standard InChI is InChI=1S/C17H25N3O/c1-3-8-19-12-16-7-11-21-17(16)14-20(4-2)13-15-5-9-18-10-6-15/h5-7,9-11,19H,3-4,8,12-14H2,1-2H3. The van der Waals surface area contributed by atoms with E-state index >= 15 is 0 Å². The topological polar surface area (TPSA) is 41.3 Å². The summed E-state index contributed by atoms with van der Waals surface area (Å²) in [5.41, 5.74) is 2.54. The average Bonchev–Trinajstić information content (AvgIpc) is 2.95. The first-order valence-electron chi connectivity index (χ1n) is 7.70. The van der Waals surface area contributed by atoms with Crippen LogP contribution in [0.25, 0.3) is 0 Å². The van der Waals surface area contributed by atoms with Crippen molar-refractivity contribution in [3.05, 3.63) is 53.7 Å². The van der Waals surface area contributed by atoms with E-state index in [1.807, 2.05) is 12.4 Å². The van der Waals surface area contributed by atoms with Gasteiger partial charge in [0, 0.05) is 31.0 Å². The highest BCUT2D eigenvalue weighted by molar-refractivity contribution is 5.17. The largest absolute Gasteiger partial charge is 0.468 e. The van der Waals surface area contributed by atoms with E-state index < -0.39 is 0 Å². The highest BCUT2D eigenvalue weighted by Gasteiger charge is 2.11. The number of hydrogen-bond donors (Lipinski definition) is 1. The van der Waals surface area contributed by atoms with E-state index in [0.717, 1.165) is 44.9 Å². The molecule has 114 valence electrons. The zero-order chi connectivity index (χ0) is 14.9. The highest BCUT2D eigenvalue weighted by atomic mass is 16.3. The van der Waals surface area contributed by atoms with Crippen molar-refractivity contribution in [3.63, 3.8) is 0 Å². The third-order valence-electron chi connectivity index (χ3n) is 3.55. The van der Waals surface area contributed by atoms with Crippen molar-refractivity contribution in [1.29, 1.82) is 0 Å². The molecular weight excluding hydrogens is 262 g/mol. The molecule has 0 bridgehead atoms. The number of rotatable bonds is 9. The number of furan rings is 1. The van der Waals surface area contributed by atoms with Gasteiger partial charge >= 0.3 is 0 Å². The summed E-state index contributed by atoms with van der Waals surface area (Å²) < 4.78 is 5.67. The molecular formula is C17H25N3O. The SMILES string of the molecule is CCCNCc1ccoc1CN(CC)Cc1ccncc1. The van der Waals surface area contributed by atoms with Gasteiger partial charge in [-0.05, 0) is 43.3 Å². The third kappa shape index (κ3) is 4.99. The van der Waals surface area contributed by atoms with Crippen LogP contribution in [-0.2, 0) is 19.6 Å². The Labute approximate surface area is 127 Å². The molecule has 0 saturated heterocycles. The number of nitrogens with one attached hydrogen (secondary N) is 1. The van der Waals surface area contributed by atoms with Crippen molar-refractivity contribution >= 4 is 0 Å². The van der Waals surface area contributed by atoms with Gasteiger partial charge in [0.05, 0.1) is 12.8 Å². The number of hydrogen-bond acceptors (Lipinski definition) is 4. The molecule has 1 N–H and O–H groups in total. The summed E-state index contributed by atoms with van der Waals surface area (Å²) in [5, 5.41) is 3.43. The summed E-state index contributed by atoms with van der Waals surface area (Å²) in [5.74, 6) is 1.06. The van der Waals surface area contributed by atoms with Crippen LogP contribution >= 0.6 is 0 Å². The van der Waals surface area contributed by atoms with Crippen LogP contribution in [-0.4, -0.2) is 23.0 Å². The zero-order valence-electron chi connectivity index (χ0n) is 13.0. The van der Waals surface area contributed by atoms with Crippen LogP contribution in [0.4, 0.5) is 0 Å². The van der Waals surface area contributed by atoms with E-state index in [9.17, 15) is 0 Å². The average molecular weight is 287 g/mol. The Morgan fingerprint density at radius 3 is 2.67 bits per heavy atom. The molecule has 2 aromatic rings. The van der Waals surface area contributed by atoms with E-state index in [2.05, 4.69) is 47.2 Å². The van der Waals surface area contributed by atoms with Gasteiger partial charge in [-0.1, -0.05) is 13.8 Å². The van der Waals surface area contributed by atoms with Crippen LogP contribution in [0.1, 0.15) is 37.2 Å². The Bertz CT molecular complexity index is 510. The van der Waals surface area contributed by atoms with Crippen LogP contribution in [0.3, 0.4) is 0 Å². The Morgan fingerprint density at radius 2 is 1.95 bits per heavy atom. The molecule has 0 radical (unpaired) electrons. The van der Waals surface area contributed by atoms with E-state index in [0.29, 0.717) is 0 Å². The third-order valence-corrected chi connectivity index (χ3v) is 3.55. The minimum absolute atomic E-state index is 0.842. The van der Waals surface area contributed by atoms with Crippen molar-refractivity contribution < 1.29 is 4.42 Å². The number of nitrogens with zero attached hydrogens (tertiary/aromatic N) is 2. The molecule has 4 nitrogen and oxygen atoms in total. The fraction of sp³-hybridized carbons (Fsp3) is 0.471. The van der Waals surface area contributed by atoms with Crippen molar-refractivity contribution in [2.24, 2.45) is 0 Å². The second kappa shape index (κ2) is 8.60. The van der Waals surface area contributed by atoms with Crippen LogP contribution in [0.15, 0.2) is 41.3 Å². The van der Waals surface area contributed by atoms with Crippen LogP contribution in [0.5, 0.6) is 0 Å². The first-order valence-corrected chi connectivity index (χ1v) is 7.70. The molecule has 0 spiro atoms. The summed E-state index contributed by atoms with van der Waals surface area (Å²) in [6.07, 6.45) is 6.63. The molecule has 0 unspecified atom stereocenters. The second-order valence-corrected chi connectivity index (χ2v) is 5.20. The first-order chi connectivity index (χ1) is 10.3. The summed E-state index contributed by atoms with van der Waals surface area (Å²) in [7, 11) is 0. The predicted molar refractivity (Wildman–Crippen MR) is 84.7 cm³/mol. The lowest BCUT2D eigenvalue weighted by molar-refractivity contribution is 0.246. The van der Waals surface area contributed by atoms with Gasteiger partial charge in [-0.15, -0.1) is 0 Å². The molecule has 2 aromatic heterocycles. The second-order valence-electron chi connectivity index (χ2n) is 5.20. The molecule has 0 aliphatic carbocycles. The molecule has 0 amide bonds. The van der Waals surface area contributed by atoms with Crippen molar-refractivity contribution in [1.82, 2.24) is 15.2 Å². The normalized spacial score (nSPS) is 11.2. The fourth-order valence-electron chi connectivity index (χ4n) is 2.29. The molecule has 21 heavy (non-hydrogen) atoms. The van der Waals surface area contributed by atoms with Gasteiger partial charge < -0.3 is 9.73 Å². The number of pyridine rings is 1. The summed E-state index contributed by atoms with van der Waals surface area (Å²) in [6.45, 7) is 9.03. The van der Waals surface area contributed by atoms with Crippen molar-refractivity contribution in [3.8, 4) is 0 Å². The van der Waals surface area contributed by atoms with Gasteiger partial charge in [-0.25, -0.2) is 0 Å². The highest BCUT2D eigenvalue weighted by Crippen LogP contribution is 2.15. The molecule has 2 rings (SSSR count). The lowest BCUT2D eigenvalue weighted by Crippen LogP contribution is -2.23. The van der Waals surface area contributed by atoms with Crippen molar-refractivity contribution in [2.45, 2.75) is 39.9 Å². The molecule has 0 aliphatic heterocycles. The maximum atomic E-state index is 5.67. The van der Waals surface area contributed by atoms with Gasteiger partial charge in [0.25, 0.3) is 0 Å². The summed E-state index contributed by atoms with van der Waals surface area (Å²) >= 11 is 0. The smallest absolute Gasteiger partial charge is 0.122 e. The van der Waals surface area contributed by atoms with Gasteiger partial charge in [-0.2, -0.15) is 0 Å². The number of aromatic nitrogens is 1. The maximum absolute atomic E-state index is 5.67. The Kier molecular flexibility index (Phi) is 6.44. The molecule has 0 aromatic carbocycles. The zero-order valence-corrected chi connectivity index (χ0v) is 13.0. The Morgan fingerprint density at radius 1 is 1.14 bits per heavy atom. The van der Waals surface area contributed by atoms with Crippen LogP contribution < -0.4 is 5.32 Å². The minimum atomic E-state index is 0.842. The Balaban J connectivity index is 1.94. The predicted octanol–water partition coefficient (Wildman–Crippen LogP) is 3.20. The van der Waals surface area contributed by atoms with E-state index in [-0.39, 0.29) is 0 Å². The lowest BCUT2D eigenvalue weighted by Gasteiger charge is -2.20. The molecule has 0 aliphatic rings. The lowest BCUT2D eigenvalue weighted by atomic mass is 10.2. The van der Waals surface area contributed by atoms with E-state index in [4.69, 9.17) is 4.42 Å². The monoisotopic (exact) mass is 287 g/mol. The fourth-order valence-corrected chi connectivity index (χ4v) is 2.29. The van der Waals surface area contributed by atoms with Crippen LogP contribution in [0, 0.1) is 0 Å².